The molecule has 98 valence electrons. The predicted octanol–water partition coefficient (Wildman–Crippen LogP) is 3.91. The molecule has 0 spiro atoms. The van der Waals surface area contributed by atoms with Crippen LogP contribution >= 0.6 is 0 Å². The molecule has 3 nitrogen and oxygen atoms in total. The number of aryl methyl sites for hydroxylation is 1. The lowest BCUT2D eigenvalue weighted by Crippen LogP contribution is -2.05. The van der Waals surface area contributed by atoms with Crippen LogP contribution in [0.3, 0.4) is 0 Å². The fourth-order valence-corrected chi connectivity index (χ4v) is 2.44. The highest BCUT2D eigenvalue weighted by Gasteiger charge is 2.18. The Balaban J connectivity index is 2.41. The smallest absolute Gasteiger partial charge is 0.338 e. The van der Waals surface area contributed by atoms with Gasteiger partial charge in [0.1, 0.15) is 0 Å². The van der Waals surface area contributed by atoms with Gasteiger partial charge in [0, 0.05) is 10.9 Å². The fourth-order valence-electron chi connectivity index (χ4n) is 2.44. The van der Waals surface area contributed by atoms with E-state index in [1.165, 1.54) is 0 Å². The van der Waals surface area contributed by atoms with E-state index in [-0.39, 0.29) is 5.56 Å². The molecule has 3 heteroatoms. The second-order valence-electron chi connectivity index (χ2n) is 4.65. The molecule has 3 rings (SSSR count). The minimum atomic E-state index is -0.945. The highest BCUT2D eigenvalue weighted by molar-refractivity contribution is 6.02. The van der Waals surface area contributed by atoms with Crippen molar-refractivity contribution in [2.45, 2.75) is 6.92 Å². The molecular weight excluding hydrogens is 250 g/mol. The molecule has 3 aromatic rings. The molecule has 0 saturated heterocycles. The van der Waals surface area contributed by atoms with Gasteiger partial charge >= 0.3 is 5.97 Å². The van der Waals surface area contributed by atoms with E-state index in [0.29, 0.717) is 5.69 Å². The third-order valence-corrected chi connectivity index (χ3v) is 3.41. The maximum Gasteiger partial charge on any atom is 0.338 e. The quantitative estimate of drug-likeness (QED) is 0.762. The first-order chi connectivity index (χ1) is 9.68. The monoisotopic (exact) mass is 263 g/mol. The van der Waals surface area contributed by atoms with Gasteiger partial charge in [-0.2, -0.15) is 0 Å². The van der Waals surface area contributed by atoms with Crippen LogP contribution in [0.5, 0.6) is 0 Å². The van der Waals surface area contributed by atoms with E-state index in [1.54, 1.807) is 0 Å². The Morgan fingerprint density at radius 3 is 2.35 bits per heavy atom. The zero-order valence-electron chi connectivity index (χ0n) is 11.0. The number of rotatable bonds is 2. The first kappa shape index (κ1) is 12.4. The van der Waals surface area contributed by atoms with Crippen LogP contribution in [0.2, 0.25) is 0 Å². The van der Waals surface area contributed by atoms with E-state index in [2.05, 4.69) is 4.98 Å². The zero-order chi connectivity index (χ0) is 14.1. The summed E-state index contributed by atoms with van der Waals surface area (Å²) in [6, 6.07) is 17.0. The second-order valence-corrected chi connectivity index (χ2v) is 4.65. The molecule has 20 heavy (non-hydrogen) atoms. The Bertz CT molecular complexity index is 795. The molecule has 1 heterocycles. The summed E-state index contributed by atoms with van der Waals surface area (Å²) in [7, 11) is 0. The zero-order valence-corrected chi connectivity index (χ0v) is 11.0. The van der Waals surface area contributed by atoms with Crippen molar-refractivity contribution in [3.05, 3.63) is 65.7 Å². The number of benzene rings is 2. The average Bonchev–Trinajstić information content (AvgIpc) is 2.47. The summed E-state index contributed by atoms with van der Waals surface area (Å²) in [4.78, 5) is 16.2. The van der Waals surface area contributed by atoms with E-state index in [9.17, 15) is 9.90 Å². The number of hydrogen-bond acceptors (Lipinski definition) is 2. The molecule has 0 unspecified atom stereocenters. The van der Waals surface area contributed by atoms with Gasteiger partial charge in [0.05, 0.1) is 16.8 Å². The summed E-state index contributed by atoms with van der Waals surface area (Å²) in [5, 5.41) is 10.4. The number of hydrogen-bond donors (Lipinski definition) is 1. The van der Waals surface area contributed by atoms with E-state index in [1.807, 2.05) is 61.5 Å². The van der Waals surface area contributed by atoms with Gasteiger partial charge < -0.3 is 5.11 Å². The van der Waals surface area contributed by atoms with Crippen LogP contribution in [0.1, 0.15) is 15.9 Å². The first-order valence-corrected chi connectivity index (χ1v) is 6.36. The number of fused-ring (bicyclic) bond motifs is 1. The number of aromatic nitrogens is 1. The lowest BCUT2D eigenvalue weighted by molar-refractivity contribution is 0.0697. The molecule has 0 aliphatic carbocycles. The van der Waals surface area contributed by atoms with Crippen LogP contribution in [0.4, 0.5) is 0 Å². The van der Waals surface area contributed by atoms with Crippen LogP contribution in [0, 0.1) is 6.92 Å². The Labute approximate surface area is 116 Å². The highest BCUT2D eigenvalue weighted by Crippen LogP contribution is 2.29. The van der Waals surface area contributed by atoms with Gasteiger partial charge in [-0.1, -0.05) is 48.5 Å². The van der Waals surface area contributed by atoms with Crippen molar-refractivity contribution in [3.63, 3.8) is 0 Å². The van der Waals surface area contributed by atoms with Gasteiger partial charge in [-0.15, -0.1) is 0 Å². The third kappa shape index (κ3) is 1.93. The van der Waals surface area contributed by atoms with E-state index in [0.717, 1.165) is 22.0 Å². The Morgan fingerprint density at radius 1 is 1.00 bits per heavy atom. The maximum absolute atomic E-state index is 11.6. The van der Waals surface area contributed by atoms with Crippen LogP contribution < -0.4 is 0 Å². The van der Waals surface area contributed by atoms with Gasteiger partial charge in [-0.25, -0.2) is 9.78 Å². The standard InChI is InChI=1S/C17H13NO2/c1-11-13-9-5-6-10-14(13)18-16(15(11)17(19)20)12-7-3-2-4-8-12/h2-10H,1H3,(H,19,20). The summed E-state index contributed by atoms with van der Waals surface area (Å²) in [6.07, 6.45) is 0. The lowest BCUT2D eigenvalue weighted by Gasteiger charge is -2.11. The van der Waals surface area contributed by atoms with E-state index >= 15 is 0 Å². The molecule has 1 aromatic heterocycles. The Hall–Kier alpha value is -2.68. The summed E-state index contributed by atoms with van der Waals surface area (Å²) < 4.78 is 0. The van der Waals surface area contributed by atoms with Gasteiger partial charge in [-0.3, -0.25) is 0 Å². The number of carbonyl (C=O) groups is 1. The molecule has 1 N–H and O–H groups in total. The van der Waals surface area contributed by atoms with Crippen molar-refractivity contribution < 1.29 is 9.90 Å². The molecular formula is C17H13NO2. The average molecular weight is 263 g/mol. The maximum atomic E-state index is 11.6. The second kappa shape index (κ2) is 4.78. The van der Waals surface area contributed by atoms with Gasteiger partial charge in [-0.05, 0) is 18.6 Å². The van der Waals surface area contributed by atoms with Crippen molar-refractivity contribution in [1.29, 1.82) is 0 Å². The van der Waals surface area contributed by atoms with Crippen molar-refractivity contribution in [2.75, 3.05) is 0 Å². The van der Waals surface area contributed by atoms with Crippen molar-refractivity contribution in [1.82, 2.24) is 4.98 Å². The molecule has 0 aliphatic rings. The first-order valence-electron chi connectivity index (χ1n) is 6.36. The molecule has 0 atom stereocenters. The summed E-state index contributed by atoms with van der Waals surface area (Å²) in [6.45, 7) is 1.83. The Kier molecular flexibility index (Phi) is 2.95. The molecule has 0 fully saturated rings. The third-order valence-electron chi connectivity index (χ3n) is 3.41. The topological polar surface area (TPSA) is 50.2 Å². The van der Waals surface area contributed by atoms with Crippen LogP contribution in [-0.4, -0.2) is 16.1 Å². The molecule has 0 amide bonds. The molecule has 2 aromatic carbocycles. The number of aromatic carboxylic acids is 1. The van der Waals surface area contributed by atoms with Crippen LogP contribution in [-0.2, 0) is 0 Å². The van der Waals surface area contributed by atoms with Crippen molar-refractivity contribution >= 4 is 16.9 Å². The molecule has 0 aliphatic heterocycles. The number of carboxylic acids is 1. The summed E-state index contributed by atoms with van der Waals surface area (Å²) >= 11 is 0. The number of para-hydroxylation sites is 1. The SMILES string of the molecule is Cc1c(C(=O)O)c(-c2ccccc2)nc2ccccc12. The normalized spacial score (nSPS) is 10.7. The van der Waals surface area contributed by atoms with Crippen molar-refractivity contribution in [2.24, 2.45) is 0 Å². The van der Waals surface area contributed by atoms with E-state index < -0.39 is 5.97 Å². The number of carboxylic acid groups (broad SMARTS) is 1. The predicted molar refractivity (Wildman–Crippen MR) is 78.9 cm³/mol. The van der Waals surface area contributed by atoms with Gasteiger partial charge in [0.15, 0.2) is 0 Å². The highest BCUT2D eigenvalue weighted by atomic mass is 16.4. The van der Waals surface area contributed by atoms with Crippen LogP contribution in [0.25, 0.3) is 22.2 Å². The molecule has 0 saturated carbocycles. The summed E-state index contributed by atoms with van der Waals surface area (Å²) in [5.41, 5.74) is 3.18. The minimum Gasteiger partial charge on any atom is -0.478 e. The molecule has 0 radical (unpaired) electrons. The minimum absolute atomic E-state index is 0.273. The van der Waals surface area contributed by atoms with Gasteiger partial charge in [0.25, 0.3) is 0 Å². The van der Waals surface area contributed by atoms with Crippen LogP contribution in [0.15, 0.2) is 54.6 Å². The molecule has 0 bridgehead atoms. The summed E-state index contributed by atoms with van der Waals surface area (Å²) in [5.74, 6) is -0.945. The lowest BCUT2D eigenvalue weighted by atomic mass is 9.98. The number of pyridine rings is 1. The Morgan fingerprint density at radius 2 is 1.65 bits per heavy atom. The number of nitrogens with zero attached hydrogens (tertiary/aromatic N) is 1. The van der Waals surface area contributed by atoms with Crippen molar-refractivity contribution in [3.8, 4) is 11.3 Å². The van der Waals surface area contributed by atoms with Gasteiger partial charge in [0.2, 0.25) is 0 Å². The largest absolute Gasteiger partial charge is 0.478 e. The van der Waals surface area contributed by atoms with E-state index in [4.69, 9.17) is 0 Å². The fraction of sp³-hybridized carbons (Fsp3) is 0.0588.